The summed E-state index contributed by atoms with van der Waals surface area (Å²) in [6.07, 6.45) is 4.84. The lowest BCUT2D eigenvalue weighted by Crippen LogP contribution is -2.19. The Morgan fingerprint density at radius 2 is 1.92 bits per heavy atom. The summed E-state index contributed by atoms with van der Waals surface area (Å²) in [4.78, 5) is 11.8. The summed E-state index contributed by atoms with van der Waals surface area (Å²) >= 11 is 0. The average Bonchev–Trinajstić information content (AvgIpc) is 3.18. The molecule has 0 aliphatic carbocycles. The van der Waals surface area contributed by atoms with Crippen LogP contribution in [0.2, 0.25) is 0 Å². The molecule has 1 N–H and O–H groups in total. The molecule has 0 saturated carbocycles. The van der Waals surface area contributed by atoms with E-state index in [1.807, 2.05) is 60.7 Å². The average molecular weight is 333 g/mol. The summed E-state index contributed by atoms with van der Waals surface area (Å²) in [5.41, 5.74) is 2.01. The molecule has 0 atom stereocenters. The lowest BCUT2D eigenvalue weighted by molar-refractivity contribution is -0.116. The van der Waals surface area contributed by atoms with E-state index in [0.717, 1.165) is 22.6 Å². The van der Waals surface area contributed by atoms with Crippen LogP contribution in [0, 0.1) is 0 Å². The van der Waals surface area contributed by atoms with Gasteiger partial charge in [0.1, 0.15) is 18.1 Å². The first-order valence-electron chi connectivity index (χ1n) is 8.05. The number of ether oxygens (including phenoxy) is 1. The third kappa shape index (κ3) is 5.39. The van der Waals surface area contributed by atoms with Crippen LogP contribution in [0.3, 0.4) is 0 Å². The van der Waals surface area contributed by atoms with Gasteiger partial charge in [-0.25, -0.2) is 0 Å². The van der Waals surface area contributed by atoms with Crippen molar-refractivity contribution < 1.29 is 13.9 Å². The van der Waals surface area contributed by atoms with Crippen LogP contribution in [0.5, 0.6) is 5.75 Å². The normalized spacial score (nSPS) is 10.7. The fourth-order valence-electron chi connectivity index (χ4n) is 2.27. The molecule has 0 radical (unpaired) electrons. The molecule has 126 valence electrons. The molecule has 25 heavy (non-hydrogen) atoms. The van der Waals surface area contributed by atoms with Gasteiger partial charge in [0.05, 0.1) is 12.8 Å². The van der Waals surface area contributed by atoms with Crippen molar-refractivity contribution in [3.63, 3.8) is 0 Å². The highest BCUT2D eigenvalue weighted by molar-refractivity contribution is 5.91. The molecule has 0 unspecified atom stereocenters. The first-order valence-corrected chi connectivity index (χ1v) is 8.05. The van der Waals surface area contributed by atoms with Crippen molar-refractivity contribution in [2.45, 2.75) is 13.2 Å². The van der Waals surface area contributed by atoms with Gasteiger partial charge in [-0.15, -0.1) is 0 Å². The Kier molecular flexibility index (Phi) is 5.67. The second-order valence-corrected chi connectivity index (χ2v) is 5.48. The first kappa shape index (κ1) is 16.6. The largest absolute Gasteiger partial charge is 0.489 e. The lowest BCUT2D eigenvalue weighted by atomic mass is 10.2. The predicted octanol–water partition coefficient (Wildman–Crippen LogP) is 4.19. The topological polar surface area (TPSA) is 51.5 Å². The molecular weight excluding hydrogens is 314 g/mol. The minimum Gasteiger partial charge on any atom is -0.489 e. The van der Waals surface area contributed by atoms with E-state index < -0.39 is 0 Å². The van der Waals surface area contributed by atoms with Gasteiger partial charge in [0, 0.05) is 6.08 Å². The maximum Gasteiger partial charge on any atom is 0.244 e. The van der Waals surface area contributed by atoms with Crippen molar-refractivity contribution >= 4 is 12.0 Å². The highest BCUT2D eigenvalue weighted by atomic mass is 16.5. The van der Waals surface area contributed by atoms with Gasteiger partial charge in [-0.2, -0.15) is 0 Å². The molecule has 0 saturated heterocycles. The van der Waals surface area contributed by atoms with Crippen molar-refractivity contribution in [3.05, 3.63) is 96.0 Å². The molecule has 4 heteroatoms. The Morgan fingerprint density at radius 3 is 2.72 bits per heavy atom. The number of amides is 1. The smallest absolute Gasteiger partial charge is 0.244 e. The number of nitrogens with one attached hydrogen (secondary N) is 1. The van der Waals surface area contributed by atoms with Crippen LogP contribution in [-0.2, 0) is 17.9 Å². The van der Waals surface area contributed by atoms with Gasteiger partial charge in [-0.3, -0.25) is 4.79 Å². The van der Waals surface area contributed by atoms with Crippen LogP contribution in [-0.4, -0.2) is 5.91 Å². The zero-order chi connectivity index (χ0) is 17.3. The molecule has 1 amide bonds. The maximum absolute atomic E-state index is 11.8. The van der Waals surface area contributed by atoms with Gasteiger partial charge < -0.3 is 14.5 Å². The molecule has 4 nitrogen and oxygen atoms in total. The number of carbonyl (C=O) groups excluding carboxylic acids is 1. The Labute approximate surface area is 146 Å². The number of hydrogen-bond acceptors (Lipinski definition) is 3. The molecule has 1 heterocycles. The van der Waals surface area contributed by atoms with E-state index in [0.29, 0.717) is 13.2 Å². The van der Waals surface area contributed by atoms with Gasteiger partial charge in [-0.1, -0.05) is 42.5 Å². The minimum atomic E-state index is -0.174. The van der Waals surface area contributed by atoms with Crippen LogP contribution in [0.4, 0.5) is 0 Å². The maximum atomic E-state index is 11.8. The molecule has 0 spiro atoms. The second kappa shape index (κ2) is 8.55. The highest BCUT2D eigenvalue weighted by Gasteiger charge is 2.00. The van der Waals surface area contributed by atoms with Crippen LogP contribution < -0.4 is 10.1 Å². The number of hydrogen-bond donors (Lipinski definition) is 1. The zero-order valence-electron chi connectivity index (χ0n) is 13.7. The fourth-order valence-corrected chi connectivity index (χ4v) is 2.27. The summed E-state index contributed by atoms with van der Waals surface area (Å²) in [7, 11) is 0. The molecular formula is C21H19NO3. The minimum absolute atomic E-state index is 0.174. The number of benzene rings is 2. The van der Waals surface area contributed by atoms with E-state index in [4.69, 9.17) is 9.15 Å². The second-order valence-electron chi connectivity index (χ2n) is 5.48. The third-order valence-corrected chi connectivity index (χ3v) is 3.55. The quantitative estimate of drug-likeness (QED) is 0.660. The zero-order valence-corrected chi connectivity index (χ0v) is 13.7. The molecule has 0 bridgehead atoms. The van der Waals surface area contributed by atoms with Crippen LogP contribution in [0.15, 0.2) is 83.5 Å². The highest BCUT2D eigenvalue weighted by Crippen LogP contribution is 2.16. The molecule has 3 aromatic rings. The summed E-state index contributed by atoms with van der Waals surface area (Å²) < 4.78 is 11.0. The SMILES string of the molecule is O=C(/C=C/c1cccc(OCc2ccccc2)c1)NCc1ccco1. The van der Waals surface area contributed by atoms with E-state index in [1.54, 1.807) is 18.4 Å². The number of rotatable bonds is 7. The lowest BCUT2D eigenvalue weighted by Gasteiger charge is -2.07. The standard InChI is InChI=1S/C21H19NO3/c23-21(22-15-20-10-5-13-24-20)12-11-17-8-4-9-19(14-17)25-16-18-6-2-1-3-7-18/h1-14H,15-16H2,(H,22,23)/b12-11+. The molecule has 1 aromatic heterocycles. The van der Waals surface area contributed by atoms with Gasteiger partial charge >= 0.3 is 0 Å². The predicted molar refractivity (Wildman–Crippen MR) is 96.8 cm³/mol. The summed E-state index contributed by atoms with van der Waals surface area (Å²) in [6.45, 7) is 0.883. The van der Waals surface area contributed by atoms with E-state index in [9.17, 15) is 4.79 Å². The number of furan rings is 1. The Bertz CT molecular complexity index is 823. The van der Waals surface area contributed by atoms with E-state index in [-0.39, 0.29) is 5.91 Å². The molecule has 0 aliphatic rings. The Balaban J connectivity index is 1.52. The molecule has 3 rings (SSSR count). The van der Waals surface area contributed by atoms with Crippen LogP contribution in [0.1, 0.15) is 16.9 Å². The monoisotopic (exact) mass is 333 g/mol. The molecule has 0 fully saturated rings. The van der Waals surface area contributed by atoms with E-state index >= 15 is 0 Å². The summed E-state index contributed by atoms with van der Waals surface area (Å²) in [5, 5.41) is 2.77. The van der Waals surface area contributed by atoms with Gasteiger partial charge in [-0.05, 0) is 41.5 Å². The number of carbonyl (C=O) groups is 1. The van der Waals surface area contributed by atoms with Crippen LogP contribution in [0.25, 0.3) is 6.08 Å². The van der Waals surface area contributed by atoms with Gasteiger partial charge in [0.25, 0.3) is 0 Å². The van der Waals surface area contributed by atoms with E-state index in [1.165, 1.54) is 6.08 Å². The third-order valence-electron chi connectivity index (χ3n) is 3.55. The summed E-state index contributed by atoms with van der Waals surface area (Å²) in [5.74, 6) is 1.31. The van der Waals surface area contributed by atoms with Crippen molar-refractivity contribution in [2.24, 2.45) is 0 Å². The van der Waals surface area contributed by atoms with Crippen molar-refractivity contribution in [2.75, 3.05) is 0 Å². The summed E-state index contributed by atoms with van der Waals surface area (Å²) in [6, 6.07) is 21.2. The van der Waals surface area contributed by atoms with Gasteiger partial charge in [0.2, 0.25) is 5.91 Å². The van der Waals surface area contributed by atoms with E-state index in [2.05, 4.69) is 5.32 Å². The fraction of sp³-hybridized carbons (Fsp3) is 0.0952. The molecule has 2 aromatic carbocycles. The first-order chi connectivity index (χ1) is 12.3. The molecule has 0 aliphatic heterocycles. The van der Waals surface area contributed by atoms with Crippen LogP contribution >= 0.6 is 0 Å². The van der Waals surface area contributed by atoms with Crippen molar-refractivity contribution in [1.29, 1.82) is 0 Å². The Morgan fingerprint density at radius 1 is 1.04 bits per heavy atom. The van der Waals surface area contributed by atoms with Crippen molar-refractivity contribution in [3.8, 4) is 5.75 Å². The Hall–Kier alpha value is -3.27. The van der Waals surface area contributed by atoms with Crippen molar-refractivity contribution in [1.82, 2.24) is 5.32 Å². The van der Waals surface area contributed by atoms with Gasteiger partial charge in [0.15, 0.2) is 0 Å².